The summed E-state index contributed by atoms with van der Waals surface area (Å²) < 4.78 is 23.1. The van der Waals surface area contributed by atoms with Crippen LogP contribution in [0.1, 0.15) is 22.3 Å². The molecule has 4 nitrogen and oxygen atoms in total. The van der Waals surface area contributed by atoms with Crippen molar-refractivity contribution in [1.82, 2.24) is 5.32 Å². The van der Waals surface area contributed by atoms with E-state index in [0.29, 0.717) is 13.1 Å². The molecule has 3 N–H and O–H groups in total. The summed E-state index contributed by atoms with van der Waals surface area (Å²) in [5.41, 5.74) is 4.44. The van der Waals surface area contributed by atoms with Gasteiger partial charge in [0.1, 0.15) is 4.21 Å². The first-order valence-electron chi connectivity index (χ1n) is 6.24. The molecule has 6 heteroatoms. The van der Waals surface area contributed by atoms with Crippen molar-refractivity contribution in [2.24, 2.45) is 5.14 Å². The Kier molecular flexibility index (Phi) is 4.59. The van der Waals surface area contributed by atoms with E-state index < -0.39 is 10.0 Å². The van der Waals surface area contributed by atoms with Crippen LogP contribution in [0.2, 0.25) is 0 Å². The minimum absolute atomic E-state index is 0.242. The zero-order valence-electron chi connectivity index (χ0n) is 11.5. The van der Waals surface area contributed by atoms with Crippen LogP contribution in [-0.4, -0.2) is 8.42 Å². The fourth-order valence-electron chi connectivity index (χ4n) is 2.15. The average Bonchev–Trinajstić information content (AvgIpc) is 2.81. The molecule has 2 rings (SSSR count). The number of sulfonamides is 1. The highest BCUT2D eigenvalue weighted by Gasteiger charge is 2.15. The highest BCUT2D eigenvalue weighted by atomic mass is 32.2. The molecule has 0 amide bonds. The molecule has 0 spiro atoms. The lowest BCUT2D eigenvalue weighted by molar-refractivity contribution is 0.597. The van der Waals surface area contributed by atoms with Gasteiger partial charge in [0.15, 0.2) is 0 Å². The lowest BCUT2D eigenvalue weighted by Crippen LogP contribution is -2.18. The van der Waals surface area contributed by atoms with E-state index in [4.69, 9.17) is 5.14 Å². The monoisotopic (exact) mass is 310 g/mol. The van der Waals surface area contributed by atoms with Gasteiger partial charge in [0.2, 0.25) is 10.0 Å². The van der Waals surface area contributed by atoms with E-state index in [1.54, 1.807) is 11.4 Å². The van der Waals surface area contributed by atoms with Gasteiger partial charge in [-0.1, -0.05) is 18.2 Å². The number of rotatable bonds is 5. The van der Waals surface area contributed by atoms with Crippen molar-refractivity contribution in [3.63, 3.8) is 0 Å². The second-order valence-corrected chi connectivity index (χ2v) is 7.43. The molecule has 0 saturated heterocycles. The van der Waals surface area contributed by atoms with Crippen LogP contribution in [0.5, 0.6) is 0 Å². The van der Waals surface area contributed by atoms with E-state index in [1.807, 2.05) is 6.07 Å². The fourth-order valence-corrected chi connectivity index (χ4v) is 4.01. The van der Waals surface area contributed by atoms with Crippen molar-refractivity contribution in [1.29, 1.82) is 0 Å². The quantitative estimate of drug-likeness (QED) is 0.890. The summed E-state index contributed by atoms with van der Waals surface area (Å²) in [6.45, 7) is 5.34. The van der Waals surface area contributed by atoms with Gasteiger partial charge >= 0.3 is 0 Å². The number of nitrogens with two attached hydrogens (primary N) is 1. The van der Waals surface area contributed by atoms with Crippen molar-refractivity contribution in [2.45, 2.75) is 31.1 Å². The maximum Gasteiger partial charge on any atom is 0.247 e. The van der Waals surface area contributed by atoms with E-state index >= 15 is 0 Å². The van der Waals surface area contributed by atoms with Gasteiger partial charge in [0.05, 0.1) is 0 Å². The summed E-state index contributed by atoms with van der Waals surface area (Å²) in [5.74, 6) is 0. The van der Waals surface area contributed by atoms with E-state index in [1.165, 1.54) is 16.7 Å². The molecule has 1 heterocycles. The first kappa shape index (κ1) is 15.2. The minimum Gasteiger partial charge on any atom is -0.309 e. The Morgan fingerprint density at radius 2 is 1.80 bits per heavy atom. The second-order valence-electron chi connectivity index (χ2n) is 4.75. The number of primary sulfonamides is 1. The third kappa shape index (κ3) is 3.46. The number of nitrogens with one attached hydrogen (secondary N) is 1. The average molecular weight is 310 g/mol. The number of hydrogen-bond donors (Lipinski definition) is 2. The largest absolute Gasteiger partial charge is 0.309 e. The van der Waals surface area contributed by atoms with Gasteiger partial charge in [-0.25, -0.2) is 13.6 Å². The van der Waals surface area contributed by atoms with Crippen molar-refractivity contribution >= 4 is 21.4 Å². The molecule has 0 fully saturated rings. The molecule has 0 aliphatic carbocycles. The lowest BCUT2D eigenvalue weighted by Gasteiger charge is -2.11. The third-order valence-electron chi connectivity index (χ3n) is 3.23. The van der Waals surface area contributed by atoms with Crippen LogP contribution in [0.25, 0.3) is 0 Å². The Morgan fingerprint density at radius 3 is 2.40 bits per heavy atom. The van der Waals surface area contributed by atoms with Gasteiger partial charge in [-0.15, -0.1) is 11.3 Å². The zero-order valence-corrected chi connectivity index (χ0v) is 13.1. The van der Waals surface area contributed by atoms with Crippen LogP contribution in [0.15, 0.2) is 33.9 Å². The number of hydrogen-bond acceptors (Lipinski definition) is 4. The maximum absolute atomic E-state index is 11.4. The predicted octanol–water partition coefficient (Wildman–Crippen LogP) is 2.30. The van der Waals surface area contributed by atoms with Crippen LogP contribution in [-0.2, 0) is 23.1 Å². The predicted molar refractivity (Wildman–Crippen MR) is 82.2 cm³/mol. The molecule has 108 valence electrons. The van der Waals surface area contributed by atoms with Gasteiger partial charge in [-0.05, 0) is 47.5 Å². The van der Waals surface area contributed by atoms with Crippen LogP contribution in [0, 0.1) is 13.8 Å². The molecule has 0 unspecified atom stereocenters. The van der Waals surface area contributed by atoms with E-state index in [-0.39, 0.29) is 4.21 Å². The van der Waals surface area contributed by atoms with Gasteiger partial charge in [-0.3, -0.25) is 0 Å². The highest BCUT2D eigenvalue weighted by Crippen LogP contribution is 2.21. The first-order chi connectivity index (χ1) is 9.39. The summed E-state index contributed by atoms with van der Waals surface area (Å²) in [4.78, 5) is 0. The molecule has 0 saturated carbocycles. The third-order valence-corrected chi connectivity index (χ3v) is 5.74. The molecular formula is C14H18N2O2S2. The molecule has 0 radical (unpaired) electrons. The molecule has 1 aromatic heterocycles. The van der Waals surface area contributed by atoms with Gasteiger partial charge in [-0.2, -0.15) is 0 Å². The highest BCUT2D eigenvalue weighted by molar-refractivity contribution is 7.91. The summed E-state index contributed by atoms with van der Waals surface area (Å²) >= 11 is 1.16. The van der Waals surface area contributed by atoms with Crippen molar-refractivity contribution in [3.05, 3.63) is 51.9 Å². The fraction of sp³-hybridized carbons (Fsp3) is 0.286. The number of benzene rings is 1. The van der Waals surface area contributed by atoms with Crippen LogP contribution < -0.4 is 10.5 Å². The Bertz CT molecular complexity index is 685. The van der Waals surface area contributed by atoms with Crippen molar-refractivity contribution in [3.8, 4) is 0 Å². The molecule has 2 aromatic rings. The van der Waals surface area contributed by atoms with Gasteiger partial charge < -0.3 is 5.32 Å². The second kappa shape index (κ2) is 6.05. The zero-order chi connectivity index (χ0) is 14.8. The van der Waals surface area contributed by atoms with Crippen LogP contribution in [0.3, 0.4) is 0 Å². The molecule has 0 aliphatic heterocycles. The number of aryl methyl sites for hydroxylation is 2. The Morgan fingerprint density at radius 1 is 1.15 bits per heavy atom. The molecule has 0 aliphatic rings. The van der Waals surface area contributed by atoms with Crippen LogP contribution >= 0.6 is 11.3 Å². The van der Waals surface area contributed by atoms with Crippen molar-refractivity contribution in [2.75, 3.05) is 0 Å². The van der Waals surface area contributed by atoms with Gasteiger partial charge in [0, 0.05) is 13.1 Å². The Labute approximate surface area is 123 Å². The lowest BCUT2D eigenvalue weighted by atomic mass is 10.0. The molecule has 0 atom stereocenters. The topological polar surface area (TPSA) is 72.2 Å². The molecule has 20 heavy (non-hydrogen) atoms. The summed E-state index contributed by atoms with van der Waals surface area (Å²) in [5, 5.41) is 10.2. The van der Waals surface area contributed by atoms with Crippen LogP contribution in [0.4, 0.5) is 0 Å². The molecular weight excluding hydrogens is 292 g/mol. The first-order valence-corrected chi connectivity index (χ1v) is 8.67. The summed E-state index contributed by atoms with van der Waals surface area (Å²) in [6, 6.07) is 7.98. The Balaban J connectivity index is 2.06. The normalized spacial score (nSPS) is 11.8. The standard InChI is InChI=1S/C14H18N2O2S2/c1-10-4-3-5-11(2)13(10)9-16-8-12-6-7-19-14(12)20(15,17)18/h3-7,16H,8-9H2,1-2H3,(H2,15,17,18). The maximum atomic E-state index is 11.4. The number of thiophene rings is 1. The molecule has 1 aromatic carbocycles. The Hall–Kier alpha value is -1.21. The van der Waals surface area contributed by atoms with E-state index in [9.17, 15) is 8.42 Å². The molecule has 0 bridgehead atoms. The van der Waals surface area contributed by atoms with Crippen molar-refractivity contribution < 1.29 is 8.42 Å². The minimum atomic E-state index is -3.62. The smallest absolute Gasteiger partial charge is 0.247 e. The SMILES string of the molecule is Cc1cccc(C)c1CNCc1ccsc1S(N)(=O)=O. The van der Waals surface area contributed by atoms with E-state index in [2.05, 4.69) is 31.3 Å². The summed E-state index contributed by atoms with van der Waals surface area (Å²) in [7, 11) is -3.62. The van der Waals surface area contributed by atoms with Gasteiger partial charge in [0.25, 0.3) is 0 Å². The van der Waals surface area contributed by atoms with E-state index in [0.717, 1.165) is 16.9 Å². The summed E-state index contributed by atoms with van der Waals surface area (Å²) in [6.07, 6.45) is 0.